The average molecular weight is 305 g/mol. The quantitative estimate of drug-likeness (QED) is 0.742. The molecule has 0 aliphatic carbocycles. The van der Waals surface area contributed by atoms with Crippen molar-refractivity contribution in [2.24, 2.45) is 5.73 Å². The zero-order chi connectivity index (χ0) is 15.6. The monoisotopic (exact) mass is 305 g/mol. The van der Waals surface area contributed by atoms with Crippen molar-refractivity contribution in [3.8, 4) is 0 Å². The number of primary amides is 1. The van der Waals surface area contributed by atoms with Crippen LogP contribution in [0.15, 0.2) is 47.4 Å². The van der Waals surface area contributed by atoms with Crippen LogP contribution in [0.1, 0.15) is 15.9 Å². The van der Waals surface area contributed by atoms with Gasteiger partial charge in [-0.3, -0.25) is 9.52 Å². The van der Waals surface area contributed by atoms with E-state index < -0.39 is 15.9 Å². The molecule has 0 atom stereocenters. The smallest absolute Gasteiger partial charge is 0.261 e. The number of rotatable bonds is 4. The minimum atomic E-state index is -3.80. The molecule has 2 rings (SSSR count). The summed E-state index contributed by atoms with van der Waals surface area (Å²) >= 11 is 0. The molecular weight excluding hydrogens is 290 g/mol. The molecule has 1 amide bonds. The van der Waals surface area contributed by atoms with E-state index in [0.717, 1.165) is 0 Å². The van der Waals surface area contributed by atoms with Gasteiger partial charge >= 0.3 is 0 Å². The fraction of sp³-hybridized carbons (Fsp3) is 0.0714. The molecule has 0 fully saturated rings. The van der Waals surface area contributed by atoms with E-state index in [1.807, 2.05) is 0 Å². The fourth-order valence-corrected chi connectivity index (χ4v) is 2.88. The number of anilines is 2. The summed E-state index contributed by atoms with van der Waals surface area (Å²) in [5.74, 6) is -0.669. The Morgan fingerprint density at radius 1 is 1.10 bits per heavy atom. The number of hydrogen-bond acceptors (Lipinski definition) is 4. The summed E-state index contributed by atoms with van der Waals surface area (Å²) in [5.41, 5.74) is 12.5. The number of carbonyl (C=O) groups excluding carboxylic acids is 1. The number of nitrogen functional groups attached to an aromatic ring is 1. The fourth-order valence-electron chi connectivity index (χ4n) is 1.80. The number of amides is 1. The van der Waals surface area contributed by atoms with Crippen molar-refractivity contribution in [1.82, 2.24) is 0 Å². The van der Waals surface area contributed by atoms with E-state index in [2.05, 4.69) is 4.72 Å². The molecule has 0 aliphatic rings. The predicted octanol–water partition coefficient (Wildman–Crippen LogP) is 1.48. The Balaban J connectivity index is 2.38. The van der Waals surface area contributed by atoms with E-state index in [0.29, 0.717) is 16.9 Å². The van der Waals surface area contributed by atoms with Gasteiger partial charge in [0.25, 0.3) is 10.0 Å². The van der Waals surface area contributed by atoms with E-state index in [1.54, 1.807) is 31.2 Å². The van der Waals surface area contributed by atoms with E-state index in [-0.39, 0.29) is 10.5 Å². The molecule has 2 aromatic carbocycles. The van der Waals surface area contributed by atoms with Gasteiger partial charge < -0.3 is 11.5 Å². The van der Waals surface area contributed by atoms with Gasteiger partial charge in [-0.05, 0) is 48.9 Å². The predicted molar refractivity (Wildman–Crippen MR) is 81.4 cm³/mol. The van der Waals surface area contributed by atoms with Crippen molar-refractivity contribution in [1.29, 1.82) is 0 Å². The second-order valence-corrected chi connectivity index (χ2v) is 6.25. The summed E-state index contributed by atoms with van der Waals surface area (Å²) in [6.07, 6.45) is 0. The van der Waals surface area contributed by atoms with E-state index >= 15 is 0 Å². The molecule has 0 unspecified atom stereocenters. The summed E-state index contributed by atoms with van der Waals surface area (Å²) in [6, 6.07) is 10.5. The maximum Gasteiger partial charge on any atom is 0.261 e. The number of carbonyl (C=O) groups is 1. The van der Waals surface area contributed by atoms with Gasteiger partial charge in [0.15, 0.2) is 0 Å². The molecule has 0 aromatic heterocycles. The highest BCUT2D eigenvalue weighted by Gasteiger charge is 2.17. The van der Waals surface area contributed by atoms with E-state index in [1.165, 1.54) is 18.2 Å². The first-order valence-electron chi connectivity index (χ1n) is 6.08. The average Bonchev–Trinajstić information content (AvgIpc) is 2.41. The Morgan fingerprint density at radius 2 is 1.71 bits per heavy atom. The summed E-state index contributed by atoms with van der Waals surface area (Å²) in [5, 5.41) is 0. The van der Waals surface area contributed by atoms with Crippen LogP contribution in [0.25, 0.3) is 0 Å². The van der Waals surface area contributed by atoms with Gasteiger partial charge in [-0.15, -0.1) is 0 Å². The van der Waals surface area contributed by atoms with Crippen molar-refractivity contribution < 1.29 is 13.2 Å². The molecule has 0 saturated carbocycles. The van der Waals surface area contributed by atoms with Crippen LogP contribution in [0.2, 0.25) is 0 Å². The Kier molecular flexibility index (Phi) is 3.86. The van der Waals surface area contributed by atoms with Crippen LogP contribution in [-0.2, 0) is 10.0 Å². The highest BCUT2D eigenvalue weighted by atomic mass is 32.2. The van der Waals surface area contributed by atoms with Crippen molar-refractivity contribution in [2.45, 2.75) is 11.8 Å². The first kappa shape index (κ1) is 14.9. The number of aryl methyl sites for hydroxylation is 1. The van der Waals surface area contributed by atoms with Crippen LogP contribution in [0.3, 0.4) is 0 Å². The van der Waals surface area contributed by atoms with Crippen molar-refractivity contribution in [3.05, 3.63) is 53.6 Å². The third-order valence-corrected chi connectivity index (χ3v) is 4.33. The van der Waals surface area contributed by atoms with E-state index in [9.17, 15) is 13.2 Å². The summed E-state index contributed by atoms with van der Waals surface area (Å²) in [4.78, 5) is 11.3. The van der Waals surface area contributed by atoms with Crippen molar-refractivity contribution in [3.63, 3.8) is 0 Å². The maximum atomic E-state index is 12.3. The molecular formula is C14H15N3O3S. The molecule has 2 aromatic rings. The minimum absolute atomic E-state index is 0.0290. The molecule has 110 valence electrons. The Labute approximate surface area is 122 Å². The lowest BCUT2D eigenvalue weighted by atomic mass is 10.1. The van der Waals surface area contributed by atoms with Crippen LogP contribution in [0, 0.1) is 6.92 Å². The second-order valence-electron chi connectivity index (χ2n) is 4.57. The molecule has 6 nitrogen and oxygen atoms in total. The Hall–Kier alpha value is -2.54. The topological polar surface area (TPSA) is 115 Å². The molecule has 5 N–H and O–H groups in total. The van der Waals surface area contributed by atoms with Crippen LogP contribution in [-0.4, -0.2) is 14.3 Å². The third kappa shape index (κ3) is 3.32. The molecule has 7 heteroatoms. The third-order valence-electron chi connectivity index (χ3n) is 2.95. The Bertz CT molecular complexity index is 784. The van der Waals surface area contributed by atoms with Gasteiger partial charge in [-0.25, -0.2) is 8.42 Å². The molecule has 0 saturated heterocycles. The van der Waals surface area contributed by atoms with Gasteiger partial charge in [-0.1, -0.05) is 6.07 Å². The maximum absolute atomic E-state index is 12.3. The first-order chi connectivity index (χ1) is 9.79. The zero-order valence-electron chi connectivity index (χ0n) is 11.3. The standard InChI is InChI=1S/C14H15N3O3S/c1-9-2-7-12(8-13(9)14(16)18)21(19,20)17-11-5-3-10(15)4-6-11/h2-8,17H,15H2,1H3,(H2,16,18). The van der Waals surface area contributed by atoms with E-state index in [4.69, 9.17) is 11.5 Å². The largest absolute Gasteiger partial charge is 0.399 e. The second kappa shape index (κ2) is 5.45. The first-order valence-corrected chi connectivity index (χ1v) is 7.57. The van der Waals surface area contributed by atoms with Crippen LogP contribution in [0.5, 0.6) is 0 Å². The van der Waals surface area contributed by atoms with Crippen molar-refractivity contribution in [2.75, 3.05) is 10.5 Å². The summed E-state index contributed by atoms with van der Waals surface area (Å²) < 4.78 is 27.0. The molecule has 0 radical (unpaired) electrons. The number of nitrogens with two attached hydrogens (primary N) is 2. The molecule has 0 heterocycles. The van der Waals surface area contributed by atoms with Gasteiger partial charge in [0.2, 0.25) is 5.91 Å². The number of sulfonamides is 1. The molecule has 0 aliphatic heterocycles. The van der Waals surface area contributed by atoms with Crippen LogP contribution < -0.4 is 16.2 Å². The van der Waals surface area contributed by atoms with Crippen LogP contribution >= 0.6 is 0 Å². The Morgan fingerprint density at radius 3 is 2.29 bits per heavy atom. The summed E-state index contributed by atoms with van der Waals surface area (Å²) in [6.45, 7) is 1.68. The summed E-state index contributed by atoms with van der Waals surface area (Å²) in [7, 11) is -3.80. The van der Waals surface area contributed by atoms with Gasteiger partial charge in [0.05, 0.1) is 4.90 Å². The van der Waals surface area contributed by atoms with Crippen LogP contribution in [0.4, 0.5) is 11.4 Å². The van der Waals surface area contributed by atoms with Gasteiger partial charge in [0, 0.05) is 16.9 Å². The SMILES string of the molecule is Cc1ccc(S(=O)(=O)Nc2ccc(N)cc2)cc1C(N)=O. The highest BCUT2D eigenvalue weighted by Crippen LogP contribution is 2.19. The lowest BCUT2D eigenvalue weighted by Gasteiger charge is -2.10. The number of hydrogen-bond donors (Lipinski definition) is 3. The van der Waals surface area contributed by atoms with Gasteiger partial charge in [-0.2, -0.15) is 0 Å². The number of nitrogens with one attached hydrogen (secondary N) is 1. The molecule has 0 spiro atoms. The van der Waals surface area contributed by atoms with Crippen molar-refractivity contribution >= 4 is 27.3 Å². The molecule has 0 bridgehead atoms. The minimum Gasteiger partial charge on any atom is -0.399 e. The van der Waals surface area contributed by atoms with Gasteiger partial charge in [0.1, 0.15) is 0 Å². The molecule has 21 heavy (non-hydrogen) atoms. The zero-order valence-corrected chi connectivity index (χ0v) is 12.1. The highest BCUT2D eigenvalue weighted by molar-refractivity contribution is 7.92. The number of benzene rings is 2. The lowest BCUT2D eigenvalue weighted by molar-refractivity contribution is 0.0999. The lowest BCUT2D eigenvalue weighted by Crippen LogP contribution is -2.17. The normalized spacial score (nSPS) is 11.1.